The summed E-state index contributed by atoms with van der Waals surface area (Å²) in [6.07, 6.45) is -30.2. The van der Waals surface area contributed by atoms with Gasteiger partial charge in [0.15, 0.2) is 0 Å². The Bertz CT molecular complexity index is 662. The third kappa shape index (κ3) is 5.89. The topological polar surface area (TPSA) is 58.6 Å². The van der Waals surface area contributed by atoms with Gasteiger partial charge in [0, 0.05) is 0 Å². The molecule has 0 aromatic rings. The van der Waals surface area contributed by atoms with Crippen LogP contribution in [0, 0.1) is 0 Å². The van der Waals surface area contributed by atoms with Crippen LogP contribution in [0.15, 0.2) is 0 Å². The number of carbonyl (C=O) groups is 1. The van der Waals surface area contributed by atoms with Crippen LogP contribution >= 0.6 is 23.2 Å². The molecule has 0 aliphatic carbocycles. The average Bonchev–Trinajstić information content (AvgIpc) is 2.41. The minimum Gasteiger partial charge on any atom is -0.544 e. The van der Waals surface area contributed by atoms with E-state index in [1.807, 2.05) is 0 Å². The molecular weight excluding hydrogens is 551 g/mol. The predicted octanol–water partition coefficient (Wildman–Crippen LogP) is 1.15. The standard InChI is InChI=1S/C9HCl2F15O4.Na/c10-3(13,5(11,15)16)8(23,24)30-4(14,7(20,21)22)9(25,26)29-2(12,1(27)28)6(17,18)19;/h(H,27,28);/q;+1/p-1. The fraction of sp³-hybridized carbons (Fsp3) is 0.889. The van der Waals surface area contributed by atoms with Crippen LogP contribution in [0.1, 0.15) is 0 Å². The van der Waals surface area contributed by atoms with E-state index in [4.69, 9.17) is 0 Å². The molecule has 180 valence electrons. The number of rotatable bonds is 8. The van der Waals surface area contributed by atoms with Crippen molar-refractivity contribution < 1.29 is 115 Å². The minimum absolute atomic E-state index is 0. The molecule has 0 saturated carbocycles. The number of aliphatic carboxylic acids is 1. The van der Waals surface area contributed by atoms with Crippen molar-refractivity contribution in [2.75, 3.05) is 0 Å². The Labute approximate surface area is 190 Å². The zero-order valence-corrected chi connectivity index (χ0v) is 17.1. The molecule has 3 unspecified atom stereocenters. The molecule has 0 radical (unpaired) electrons. The SMILES string of the molecule is O=C([O-])C(F)(OC(F)(F)C(F)(OC(F)(F)C(F)(Cl)C(F)(F)Cl)C(F)(F)F)C(F)(F)F.[Na+]. The van der Waals surface area contributed by atoms with Gasteiger partial charge in [0.1, 0.15) is 5.97 Å². The van der Waals surface area contributed by atoms with Crippen molar-refractivity contribution in [2.24, 2.45) is 0 Å². The van der Waals surface area contributed by atoms with Crippen LogP contribution in [0.25, 0.3) is 0 Å². The van der Waals surface area contributed by atoms with Crippen molar-refractivity contribution in [3.05, 3.63) is 0 Å². The maximum Gasteiger partial charge on any atom is 1.00 e. The number of carboxylic acid groups (broad SMARTS) is 1. The molecule has 0 heterocycles. The quantitative estimate of drug-likeness (QED) is 0.259. The summed E-state index contributed by atoms with van der Waals surface area (Å²) in [6, 6.07) is 0. The van der Waals surface area contributed by atoms with Crippen LogP contribution < -0.4 is 34.7 Å². The molecule has 0 rings (SSSR count). The van der Waals surface area contributed by atoms with Gasteiger partial charge in [-0.15, -0.1) is 0 Å². The van der Waals surface area contributed by atoms with Gasteiger partial charge in [-0.2, -0.15) is 61.5 Å². The summed E-state index contributed by atoms with van der Waals surface area (Å²) >= 11 is 7.42. The first kappa shape index (κ1) is 33.1. The molecule has 0 aromatic carbocycles. The molecule has 0 bridgehead atoms. The molecular formula is C9Cl2F15NaO4. The third-order valence-electron chi connectivity index (χ3n) is 2.63. The van der Waals surface area contributed by atoms with Gasteiger partial charge < -0.3 is 9.90 Å². The zero-order chi connectivity index (χ0) is 25.0. The molecule has 0 fully saturated rings. The van der Waals surface area contributed by atoms with Gasteiger partial charge >= 0.3 is 76.3 Å². The fourth-order valence-electron chi connectivity index (χ4n) is 1.15. The van der Waals surface area contributed by atoms with Gasteiger partial charge in [0.05, 0.1) is 0 Å². The van der Waals surface area contributed by atoms with E-state index in [2.05, 4.69) is 23.2 Å². The van der Waals surface area contributed by atoms with E-state index in [0.717, 1.165) is 0 Å². The Balaban J connectivity index is 0. The number of ether oxygens (including phenoxy) is 2. The second-order valence-corrected chi connectivity index (χ2v) is 5.78. The molecule has 22 heteroatoms. The maximum absolute atomic E-state index is 13.7. The van der Waals surface area contributed by atoms with Crippen LogP contribution in [-0.4, -0.2) is 52.8 Å². The summed E-state index contributed by atoms with van der Waals surface area (Å²) in [6.45, 7) is 0. The number of carboxylic acids is 1. The van der Waals surface area contributed by atoms with Crippen molar-refractivity contribution in [3.8, 4) is 0 Å². The van der Waals surface area contributed by atoms with E-state index in [-0.39, 0.29) is 29.6 Å². The molecule has 3 atom stereocenters. The Morgan fingerprint density at radius 2 is 1.00 bits per heavy atom. The van der Waals surface area contributed by atoms with E-state index in [1.165, 1.54) is 0 Å². The first-order chi connectivity index (χ1) is 12.6. The molecule has 0 aromatic heterocycles. The predicted molar refractivity (Wildman–Crippen MR) is 57.4 cm³/mol. The Kier molecular flexibility index (Phi) is 9.54. The number of hydrogen-bond acceptors (Lipinski definition) is 4. The summed E-state index contributed by atoms with van der Waals surface area (Å²) in [5.74, 6) is -19.3. The van der Waals surface area contributed by atoms with Crippen LogP contribution in [0.3, 0.4) is 0 Å². The summed E-state index contributed by atoms with van der Waals surface area (Å²) in [5, 5.41) is -2.67. The first-order valence-corrected chi connectivity index (χ1v) is 6.69. The van der Waals surface area contributed by atoms with Gasteiger partial charge in [-0.05, 0) is 11.6 Å². The van der Waals surface area contributed by atoms with Crippen LogP contribution in [0.2, 0.25) is 0 Å². The van der Waals surface area contributed by atoms with Crippen molar-refractivity contribution in [2.45, 2.75) is 46.8 Å². The van der Waals surface area contributed by atoms with Gasteiger partial charge in [0.2, 0.25) is 0 Å². The third-order valence-corrected chi connectivity index (χ3v) is 3.44. The first-order valence-electron chi connectivity index (χ1n) is 5.94. The van der Waals surface area contributed by atoms with Crippen LogP contribution in [-0.2, 0) is 14.3 Å². The van der Waals surface area contributed by atoms with Gasteiger partial charge in [0.25, 0.3) is 0 Å². The van der Waals surface area contributed by atoms with E-state index in [0.29, 0.717) is 0 Å². The minimum atomic E-state index is -7.85. The van der Waals surface area contributed by atoms with Gasteiger partial charge in [-0.3, -0.25) is 9.47 Å². The average molecular weight is 551 g/mol. The summed E-state index contributed by atoms with van der Waals surface area (Å²) in [5.41, 5.74) is 0. The van der Waals surface area contributed by atoms with E-state index >= 15 is 0 Å². The molecule has 0 N–H and O–H groups in total. The number of hydrogen-bond donors (Lipinski definition) is 0. The Hall–Kier alpha value is -0.0800. The Morgan fingerprint density at radius 1 is 0.645 bits per heavy atom. The molecule has 31 heavy (non-hydrogen) atoms. The molecule has 0 spiro atoms. The summed E-state index contributed by atoms with van der Waals surface area (Å²) < 4.78 is 196. The molecule has 0 aliphatic rings. The molecule has 0 amide bonds. The molecule has 0 saturated heterocycles. The van der Waals surface area contributed by atoms with Crippen molar-refractivity contribution in [3.63, 3.8) is 0 Å². The monoisotopic (exact) mass is 550 g/mol. The second kappa shape index (κ2) is 8.94. The van der Waals surface area contributed by atoms with Crippen molar-refractivity contribution in [1.29, 1.82) is 0 Å². The molecule has 4 nitrogen and oxygen atoms in total. The summed E-state index contributed by atoms with van der Waals surface area (Å²) in [7, 11) is 0. The zero-order valence-electron chi connectivity index (χ0n) is 13.6. The van der Waals surface area contributed by atoms with Crippen molar-refractivity contribution in [1.82, 2.24) is 0 Å². The molecule has 0 aliphatic heterocycles. The van der Waals surface area contributed by atoms with E-state index in [9.17, 15) is 75.8 Å². The van der Waals surface area contributed by atoms with Gasteiger partial charge in [-0.25, -0.2) is 4.39 Å². The number of halogens is 17. The fourth-order valence-corrected chi connectivity index (χ4v) is 1.29. The second-order valence-electron chi connectivity index (χ2n) is 4.78. The van der Waals surface area contributed by atoms with E-state index in [1.54, 1.807) is 9.47 Å². The Morgan fingerprint density at radius 3 is 1.23 bits per heavy atom. The summed E-state index contributed by atoms with van der Waals surface area (Å²) in [4.78, 5) is 10.0. The van der Waals surface area contributed by atoms with Crippen LogP contribution in [0.4, 0.5) is 65.9 Å². The van der Waals surface area contributed by atoms with E-state index < -0.39 is 52.8 Å². The smallest absolute Gasteiger partial charge is 0.544 e. The normalized spacial score (nSPS) is 20.2. The van der Waals surface area contributed by atoms with Gasteiger partial charge in [-0.1, -0.05) is 11.6 Å². The maximum atomic E-state index is 13.7. The number of alkyl halides is 17. The van der Waals surface area contributed by atoms with Crippen molar-refractivity contribution >= 4 is 29.2 Å². The van der Waals surface area contributed by atoms with Crippen LogP contribution in [0.5, 0.6) is 0 Å². The number of carbonyl (C=O) groups excluding carboxylic acids is 1. The largest absolute Gasteiger partial charge is 1.00 e.